The van der Waals surface area contributed by atoms with Crippen LogP contribution in [-0.2, 0) is 5.41 Å². The van der Waals surface area contributed by atoms with Gasteiger partial charge in [0.1, 0.15) is 5.65 Å². The summed E-state index contributed by atoms with van der Waals surface area (Å²) in [6.45, 7) is 2.20. The highest BCUT2D eigenvalue weighted by Crippen LogP contribution is 2.64. The van der Waals surface area contributed by atoms with Crippen molar-refractivity contribution in [3.63, 3.8) is 0 Å². The van der Waals surface area contributed by atoms with E-state index < -0.39 is 5.41 Å². The molecule has 0 bridgehead atoms. The number of hydrogen-bond acceptors (Lipinski definition) is 0. The Kier molecular flexibility index (Phi) is 6.22. The highest BCUT2D eigenvalue weighted by molar-refractivity contribution is 6.35. The molecule has 0 radical (unpaired) electrons. The van der Waals surface area contributed by atoms with Gasteiger partial charge in [-0.25, -0.2) is 0 Å². The van der Waals surface area contributed by atoms with Gasteiger partial charge in [-0.2, -0.15) is 0 Å². The van der Waals surface area contributed by atoms with Gasteiger partial charge in [0.05, 0.1) is 49.4 Å². The monoisotopic (exact) mass is 783 g/mol. The van der Waals surface area contributed by atoms with Crippen LogP contribution < -0.4 is 0 Å². The predicted molar refractivity (Wildman–Crippen MR) is 250 cm³/mol. The van der Waals surface area contributed by atoms with E-state index in [1.807, 2.05) is 0 Å². The summed E-state index contributed by atoms with van der Waals surface area (Å²) in [6.07, 6.45) is 0. The number of hydrogen-bond donors (Lipinski definition) is 0. The Labute approximate surface area is 350 Å². The molecule has 3 aromatic heterocycles. The Morgan fingerprint density at radius 3 is 1.73 bits per heavy atom. The van der Waals surface area contributed by atoms with Gasteiger partial charge in [0.2, 0.25) is 0 Å². The summed E-state index contributed by atoms with van der Waals surface area (Å²) in [5.74, 6) is 0. The number of benzene rings is 9. The highest BCUT2D eigenvalue weighted by atomic mass is 35.5. The van der Waals surface area contributed by atoms with Gasteiger partial charge >= 0.3 is 0 Å². The fourth-order valence-electron chi connectivity index (χ4n) is 11.5. The summed E-state index contributed by atoms with van der Waals surface area (Å²) in [5, 5.41) is 6.79. The van der Waals surface area contributed by atoms with Crippen molar-refractivity contribution >= 4 is 71.8 Å². The number of para-hydroxylation sites is 3. The number of nitrogens with zero attached hydrogens (tertiary/aromatic N) is 3. The molecule has 0 amide bonds. The minimum Gasteiger partial charge on any atom is -0.307 e. The largest absolute Gasteiger partial charge is 0.307 e. The Bertz CT molecular complexity index is 3830. The van der Waals surface area contributed by atoms with E-state index in [1.165, 1.54) is 82.5 Å². The maximum atomic E-state index is 8.01. The van der Waals surface area contributed by atoms with Crippen molar-refractivity contribution < 1.29 is 0 Å². The van der Waals surface area contributed by atoms with Crippen LogP contribution in [0.4, 0.5) is 0 Å². The molecule has 9 aromatic carbocycles. The number of aryl methyl sites for hydroxylation is 1. The van der Waals surface area contributed by atoms with E-state index in [9.17, 15) is 0 Å². The molecular weight excluding hydrogens is 750 g/mol. The molecule has 2 aliphatic rings. The summed E-state index contributed by atoms with van der Waals surface area (Å²) in [4.78, 5) is 0. The molecule has 0 saturated heterocycles. The topological polar surface area (TPSA) is 14.3 Å². The maximum Gasteiger partial charge on any atom is 0.123 e. The van der Waals surface area contributed by atoms with Gasteiger partial charge in [-0.15, -0.1) is 0 Å². The molecule has 14 rings (SSSR count). The van der Waals surface area contributed by atoms with Crippen LogP contribution in [0.5, 0.6) is 0 Å². The SMILES string of the molecule is Cc1cc(-n2c3ccccc3c3ccc4c(c32)-c2ccccc2C42c3ccccc3-c3ccccc32)c(Cl)c(-n2c3ccccc3n3c4c(ccc5ccccc54)cc23)c1. The van der Waals surface area contributed by atoms with E-state index in [0.29, 0.717) is 5.02 Å². The van der Waals surface area contributed by atoms with Crippen molar-refractivity contribution in [2.45, 2.75) is 12.3 Å². The minimum absolute atomic E-state index is 0.451. The van der Waals surface area contributed by atoms with Crippen LogP contribution in [0, 0.1) is 6.92 Å². The van der Waals surface area contributed by atoms with Crippen molar-refractivity contribution in [3.05, 3.63) is 221 Å². The number of fused-ring (bicyclic) bond motifs is 21. The van der Waals surface area contributed by atoms with Gasteiger partial charge < -0.3 is 4.57 Å². The third kappa shape index (κ3) is 3.83. The van der Waals surface area contributed by atoms with Crippen molar-refractivity contribution in [1.82, 2.24) is 13.5 Å². The van der Waals surface area contributed by atoms with Gasteiger partial charge in [0, 0.05) is 27.1 Å². The van der Waals surface area contributed by atoms with E-state index in [1.54, 1.807) is 0 Å². The molecule has 60 heavy (non-hydrogen) atoms. The lowest BCUT2D eigenvalue weighted by Crippen LogP contribution is -2.25. The molecule has 1 spiro atoms. The minimum atomic E-state index is -0.451. The third-order valence-corrected chi connectivity index (χ3v) is 14.1. The second-order valence-corrected chi connectivity index (χ2v) is 17.0. The molecule has 0 N–H and O–H groups in total. The second kappa shape index (κ2) is 11.4. The predicted octanol–water partition coefficient (Wildman–Crippen LogP) is 14.6. The average Bonchev–Trinajstić information content (AvgIpc) is 4.07. The van der Waals surface area contributed by atoms with Crippen LogP contribution in [0.2, 0.25) is 5.02 Å². The summed E-state index contributed by atoms with van der Waals surface area (Å²) < 4.78 is 7.26. The Morgan fingerprint density at radius 1 is 0.417 bits per heavy atom. The summed E-state index contributed by atoms with van der Waals surface area (Å²) in [6, 6.07) is 69.5. The lowest BCUT2D eigenvalue weighted by molar-refractivity contribution is 0.794. The molecule has 0 atom stereocenters. The number of rotatable bonds is 2. The maximum absolute atomic E-state index is 8.01. The Morgan fingerprint density at radius 2 is 0.983 bits per heavy atom. The van der Waals surface area contributed by atoms with Gasteiger partial charge in [0.15, 0.2) is 0 Å². The van der Waals surface area contributed by atoms with Crippen LogP contribution in [0.3, 0.4) is 0 Å². The van der Waals surface area contributed by atoms with Gasteiger partial charge in [0.25, 0.3) is 0 Å². The normalized spacial score (nSPS) is 13.6. The molecule has 4 heteroatoms. The van der Waals surface area contributed by atoms with Crippen LogP contribution in [0.15, 0.2) is 188 Å². The van der Waals surface area contributed by atoms with Crippen LogP contribution in [0.1, 0.15) is 27.8 Å². The first-order valence-corrected chi connectivity index (χ1v) is 21.1. The van der Waals surface area contributed by atoms with Crippen molar-refractivity contribution in [2.75, 3.05) is 0 Å². The smallest absolute Gasteiger partial charge is 0.123 e. The van der Waals surface area contributed by atoms with E-state index in [-0.39, 0.29) is 0 Å². The highest BCUT2D eigenvalue weighted by Gasteiger charge is 2.52. The molecule has 0 fully saturated rings. The van der Waals surface area contributed by atoms with Crippen LogP contribution in [0.25, 0.3) is 93.8 Å². The number of halogens is 1. The zero-order valence-electron chi connectivity index (χ0n) is 32.6. The molecule has 2 aliphatic carbocycles. The number of aromatic nitrogens is 3. The lowest BCUT2D eigenvalue weighted by atomic mass is 9.70. The van der Waals surface area contributed by atoms with Gasteiger partial charge in [-0.3, -0.25) is 8.97 Å². The van der Waals surface area contributed by atoms with Gasteiger partial charge in [-0.1, -0.05) is 163 Å². The quantitative estimate of drug-likeness (QED) is 0.166. The van der Waals surface area contributed by atoms with E-state index in [2.05, 4.69) is 209 Å². The van der Waals surface area contributed by atoms with E-state index >= 15 is 0 Å². The first kappa shape index (κ1) is 32.6. The zero-order chi connectivity index (χ0) is 39.4. The van der Waals surface area contributed by atoms with Crippen molar-refractivity contribution in [2.24, 2.45) is 0 Å². The Balaban J connectivity index is 1.12. The van der Waals surface area contributed by atoms with Gasteiger partial charge in [-0.05, 0) is 93.2 Å². The first-order valence-electron chi connectivity index (χ1n) is 20.7. The second-order valence-electron chi connectivity index (χ2n) is 16.6. The molecule has 0 aliphatic heterocycles. The lowest BCUT2D eigenvalue weighted by Gasteiger charge is -2.30. The fraction of sp³-hybridized carbons (Fsp3) is 0.0357. The number of imidazole rings is 1. The molecule has 3 nitrogen and oxygen atoms in total. The van der Waals surface area contributed by atoms with E-state index in [0.717, 1.165) is 39.1 Å². The Hall–Kier alpha value is -7.33. The molecular formula is C56H34ClN3. The third-order valence-electron chi connectivity index (χ3n) is 13.7. The average molecular weight is 784 g/mol. The molecule has 3 heterocycles. The van der Waals surface area contributed by atoms with Crippen LogP contribution in [-0.4, -0.2) is 13.5 Å². The molecule has 0 saturated carbocycles. The molecule has 12 aromatic rings. The van der Waals surface area contributed by atoms with E-state index in [4.69, 9.17) is 11.6 Å². The first-order chi connectivity index (χ1) is 29.6. The fourth-order valence-corrected chi connectivity index (χ4v) is 11.8. The molecule has 0 unspecified atom stereocenters. The molecule has 280 valence electrons. The standard InChI is InChI=1S/C56H34ClN3/c1-33-30-49(58-47-24-12-13-25-48(47)60-51(58)32-35-27-26-34-14-2-3-15-36(34)54(35)60)53(57)50(31-33)59-46-23-11-7-18-39(46)40-28-29-45-52(55(40)59)41-19-6-10-22-44(41)56(45)42-20-8-4-16-37(42)38-17-5-9-21-43(38)56/h2-32H,1H3. The van der Waals surface area contributed by atoms with Crippen molar-refractivity contribution in [3.8, 4) is 33.6 Å². The van der Waals surface area contributed by atoms with Crippen molar-refractivity contribution in [1.29, 1.82) is 0 Å². The zero-order valence-corrected chi connectivity index (χ0v) is 33.4. The summed E-state index contributed by atoms with van der Waals surface area (Å²) in [5.41, 5.74) is 19.9. The van der Waals surface area contributed by atoms with Crippen LogP contribution >= 0.6 is 11.6 Å². The summed E-state index contributed by atoms with van der Waals surface area (Å²) >= 11 is 8.01. The summed E-state index contributed by atoms with van der Waals surface area (Å²) in [7, 11) is 0.